The molecule has 2 aliphatic rings. The van der Waals surface area contributed by atoms with Crippen molar-refractivity contribution in [2.75, 3.05) is 78.4 Å². The van der Waals surface area contributed by atoms with E-state index in [-0.39, 0.29) is 11.7 Å². The zero-order valence-corrected chi connectivity index (χ0v) is 25.3. The largest absolute Gasteiger partial charge is 0.378 e. The second kappa shape index (κ2) is 13.9. The number of nitrogens with one attached hydrogen (secondary N) is 3. The number of aromatic nitrogens is 2. The first kappa shape index (κ1) is 30.3. The van der Waals surface area contributed by atoms with Gasteiger partial charge in [0.05, 0.1) is 49.7 Å². The van der Waals surface area contributed by atoms with Crippen LogP contribution in [0.3, 0.4) is 0 Å². The van der Waals surface area contributed by atoms with Crippen LogP contribution < -0.4 is 25.8 Å². The summed E-state index contributed by atoms with van der Waals surface area (Å²) in [5, 5.41) is 9.73. The molecule has 10 nitrogen and oxygen atoms in total. The highest BCUT2D eigenvalue weighted by molar-refractivity contribution is 6.31. The normalized spacial score (nSPS) is 15.0. The van der Waals surface area contributed by atoms with Crippen LogP contribution in [0.25, 0.3) is 11.3 Å². The van der Waals surface area contributed by atoms with Crippen molar-refractivity contribution < 1.29 is 18.7 Å². The number of hydrogen-bond acceptors (Lipinski definition) is 9. The van der Waals surface area contributed by atoms with E-state index in [0.717, 1.165) is 24.5 Å². The number of halogens is 2. The van der Waals surface area contributed by atoms with Crippen LogP contribution in [-0.2, 0) is 14.3 Å². The molecule has 2 fully saturated rings. The van der Waals surface area contributed by atoms with Crippen LogP contribution in [0.15, 0.2) is 79.5 Å². The summed E-state index contributed by atoms with van der Waals surface area (Å²) >= 11 is 6.48. The van der Waals surface area contributed by atoms with Crippen molar-refractivity contribution in [2.45, 2.75) is 0 Å². The summed E-state index contributed by atoms with van der Waals surface area (Å²) in [5.41, 5.74) is 5.03. The van der Waals surface area contributed by atoms with Crippen molar-refractivity contribution in [1.29, 1.82) is 0 Å². The van der Waals surface area contributed by atoms with Crippen LogP contribution >= 0.6 is 11.6 Å². The number of ether oxygens (including phenoxy) is 2. The van der Waals surface area contributed by atoms with E-state index in [1.54, 1.807) is 30.5 Å². The molecule has 2 aliphatic heterocycles. The predicted octanol–water partition coefficient (Wildman–Crippen LogP) is 6.22. The Morgan fingerprint density at radius 2 is 1.62 bits per heavy atom. The maximum Gasteiger partial charge on any atom is 0.247 e. The number of nitrogens with zero attached hydrogens (tertiary/aromatic N) is 4. The van der Waals surface area contributed by atoms with Crippen LogP contribution in [-0.4, -0.2) is 68.5 Å². The van der Waals surface area contributed by atoms with Gasteiger partial charge in [0.1, 0.15) is 5.82 Å². The third-order valence-electron chi connectivity index (χ3n) is 7.47. The fourth-order valence-electron chi connectivity index (χ4n) is 5.28. The van der Waals surface area contributed by atoms with E-state index in [1.165, 1.54) is 12.1 Å². The van der Waals surface area contributed by atoms with Crippen LogP contribution in [0, 0.1) is 5.82 Å². The summed E-state index contributed by atoms with van der Waals surface area (Å²) in [7, 11) is 0. The van der Waals surface area contributed by atoms with Gasteiger partial charge in [-0.3, -0.25) is 4.79 Å². The molecular formula is C33H33ClFN7O3. The Morgan fingerprint density at radius 3 is 2.36 bits per heavy atom. The average molecular weight is 630 g/mol. The highest BCUT2D eigenvalue weighted by Crippen LogP contribution is 2.35. The van der Waals surface area contributed by atoms with Gasteiger partial charge in [0, 0.05) is 59.5 Å². The van der Waals surface area contributed by atoms with E-state index in [0.29, 0.717) is 84.5 Å². The first-order chi connectivity index (χ1) is 21.9. The van der Waals surface area contributed by atoms with Gasteiger partial charge in [-0.1, -0.05) is 24.2 Å². The number of carbonyl (C=O) groups is 1. The number of rotatable bonds is 9. The third kappa shape index (κ3) is 7.51. The van der Waals surface area contributed by atoms with Gasteiger partial charge in [-0.25, -0.2) is 14.4 Å². The number of morpholine rings is 2. The van der Waals surface area contributed by atoms with Gasteiger partial charge in [-0.2, -0.15) is 0 Å². The lowest BCUT2D eigenvalue weighted by molar-refractivity contribution is -0.111. The monoisotopic (exact) mass is 629 g/mol. The van der Waals surface area contributed by atoms with Gasteiger partial charge in [-0.15, -0.1) is 0 Å². The van der Waals surface area contributed by atoms with Crippen molar-refractivity contribution in [2.24, 2.45) is 0 Å². The minimum atomic E-state index is -0.373. The van der Waals surface area contributed by atoms with Crippen molar-refractivity contribution in [3.63, 3.8) is 0 Å². The first-order valence-corrected chi connectivity index (χ1v) is 15.0. The zero-order chi connectivity index (χ0) is 31.2. The molecule has 232 valence electrons. The number of carbonyl (C=O) groups excluding carboxylic acids is 1. The standard InChI is InChI=1S/C33H33ClFN7O3/c1-2-31(43)38-26-17-22(16-23(34)18-26)32-29(37-25-6-7-30(28(35)20-25)42-10-14-45-15-11-42)21-36-33(40-32)39-24-4-3-5-27(19-24)41-8-12-44-13-9-41/h2-7,16-21,37H,1,8-15H2,(H,38,43)(H,36,39,40). The van der Waals surface area contributed by atoms with E-state index < -0.39 is 0 Å². The summed E-state index contributed by atoms with van der Waals surface area (Å²) in [5.74, 6) is -0.372. The Morgan fingerprint density at radius 1 is 0.889 bits per heavy atom. The number of hydrogen-bond donors (Lipinski definition) is 3. The SMILES string of the molecule is C=CC(=O)Nc1cc(Cl)cc(-c2nc(Nc3cccc(N4CCOCC4)c3)ncc2Nc2ccc(N3CCOCC3)c(F)c2)c1. The molecule has 45 heavy (non-hydrogen) atoms. The molecule has 2 saturated heterocycles. The Hall–Kier alpha value is -4.71. The van der Waals surface area contributed by atoms with Gasteiger partial charge >= 0.3 is 0 Å². The highest BCUT2D eigenvalue weighted by atomic mass is 35.5. The molecule has 3 N–H and O–H groups in total. The van der Waals surface area contributed by atoms with E-state index in [9.17, 15) is 4.79 Å². The van der Waals surface area contributed by atoms with Crippen molar-refractivity contribution >= 4 is 57.6 Å². The van der Waals surface area contributed by atoms with Crippen molar-refractivity contribution in [1.82, 2.24) is 9.97 Å². The molecule has 3 heterocycles. The van der Waals surface area contributed by atoms with Gasteiger partial charge in [0.15, 0.2) is 0 Å². The second-order valence-electron chi connectivity index (χ2n) is 10.5. The Bertz CT molecular complexity index is 1690. The summed E-state index contributed by atoms with van der Waals surface area (Å²) in [6.07, 6.45) is 2.81. The molecule has 3 aromatic carbocycles. The van der Waals surface area contributed by atoms with E-state index in [1.807, 2.05) is 29.2 Å². The fourth-order valence-corrected chi connectivity index (χ4v) is 5.51. The summed E-state index contributed by atoms with van der Waals surface area (Å²) in [6.45, 7) is 8.91. The summed E-state index contributed by atoms with van der Waals surface area (Å²) in [6, 6.07) is 18.2. The Labute approximate surface area is 265 Å². The first-order valence-electron chi connectivity index (χ1n) is 14.7. The molecule has 0 aliphatic carbocycles. The van der Waals surface area contributed by atoms with Crippen molar-refractivity contribution in [3.8, 4) is 11.3 Å². The van der Waals surface area contributed by atoms with E-state index >= 15 is 4.39 Å². The molecule has 1 aromatic heterocycles. The maximum atomic E-state index is 15.3. The molecule has 0 unspecified atom stereocenters. The molecule has 4 aromatic rings. The fraction of sp³-hybridized carbons (Fsp3) is 0.242. The minimum absolute atomic E-state index is 0.347. The van der Waals surface area contributed by atoms with Crippen LogP contribution in [0.5, 0.6) is 0 Å². The molecule has 0 bridgehead atoms. The minimum Gasteiger partial charge on any atom is -0.378 e. The molecule has 0 atom stereocenters. The van der Waals surface area contributed by atoms with Crippen LogP contribution in [0.1, 0.15) is 0 Å². The average Bonchev–Trinajstić information content (AvgIpc) is 3.06. The lowest BCUT2D eigenvalue weighted by atomic mass is 10.1. The summed E-state index contributed by atoms with van der Waals surface area (Å²) < 4.78 is 26.2. The van der Waals surface area contributed by atoms with Gasteiger partial charge in [-0.05, 0) is 60.7 Å². The molecule has 1 amide bonds. The van der Waals surface area contributed by atoms with Gasteiger partial charge < -0.3 is 35.2 Å². The van der Waals surface area contributed by atoms with E-state index in [4.69, 9.17) is 26.1 Å². The molecule has 0 saturated carbocycles. The topological polar surface area (TPSA) is 104 Å². The van der Waals surface area contributed by atoms with Gasteiger partial charge in [0.2, 0.25) is 11.9 Å². The quantitative estimate of drug-likeness (QED) is 0.186. The molecule has 6 rings (SSSR count). The second-order valence-corrected chi connectivity index (χ2v) is 11.0. The smallest absolute Gasteiger partial charge is 0.247 e. The Balaban J connectivity index is 1.33. The molecule has 12 heteroatoms. The number of amides is 1. The predicted molar refractivity (Wildman–Crippen MR) is 177 cm³/mol. The zero-order valence-electron chi connectivity index (χ0n) is 24.6. The van der Waals surface area contributed by atoms with E-state index in [2.05, 4.69) is 38.5 Å². The maximum absolute atomic E-state index is 15.3. The number of benzene rings is 3. The van der Waals surface area contributed by atoms with Crippen LogP contribution in [0.4, 0.5) is 44.5 Å². The van der Waals surface area contributed by atoms with Crippen molar-refractivity contribution in [3.05, 3.63) is 90.4 Å². The van der Waals surface area contributed by atoms with Gasteiger partial charge in [0.25, 0.3) is 0 Å². The highest BCUT2D eigenvalue weighted by Gasteiger charge is 2.18. The lowest BCUT2D eigenvalue weighted by Gasteiger charge is -2.29. The summed E-state index contributed by atoms with van der Waals surface area (Å²) in [4.78, 5) is 25.7. The lowest BCUT2D eigenvalue weighted by Crippen LogP contribution is -2.36. The number of anilines is 7. The molecule has 0 radical (unpaired) electrons. The third-order valence-corrected chi connectivity index (χ3v) is 7.69. The molecular weight excluding hydrogens is 597 g/mol. The van der Waals surface area contributed by atoms with Crippen LogP contribution in [0.2, 0.25) is 5.02 Å². The Kier molecular flexibility index (Phi) is 9.39. The molecule has 0 spiro atoms.